The van der Waals surface area contributed by atoms with E-state index in [2.05, 4.69) is 21.1 Å². The summed E-state index contributed by atoms with van der Waals surface area (Å²) in [6.07, 6.45) is 0. The van der Waals surface area contributed by atoms with Gasteiger partial charge in [-0.2, -0.15) is 0 Å². The Bertz CT molecular complexity index is 955. The minimum atomic E-state index is -1.22. The summed E-state index contributed by atoms with van der Waals surface area (Å²) in [4.78, 5) is 23.1. The second kappa shape index (κ2) is 7.08. The van der Waals surface area contributed by atoms with Crippen LogP contribution in [0, 0.1) is 0 Å². The van der Waals surface area contributed by atoms with Gasteiger partial charge in [-0.25, -0.2) is 9.59 Å². The summed E-state index contributed by atoms with van der Waals surface area (Å²) in [6.45, 7) is 0. The number of carbonyl (C=O) groups is 2. The van der Waals surface area contributed by atoms with Gasteiger partial charge in [0.2, 0.25) is 5.69 Å². The number of carbonyl (C=O) groups excluding carboxylic acids is 1. The fourth-order valence-electron chi connectivity index (χ4n) is 2.05. The fraction of sp³-hybridized carbons (Fsp3) is 0. The number of aromatic nitrogens is 1. The van der Waals surface area contributed by atoms with Gasteiger partial charge in [0.25, 0.3) is 0 Å². The van der Waals surface area contributed by atoms with Crippen LogP contribution >= 0.6 is 27.5 Å². The van der Waals surface area contributed by atoms with Gasteiger partial charge >= 0.3 is 11.9 Å². The van der Waals surface area contributed by atoms with Crippen molar-refractivity contribution in [1.82, 2.24) is 5.16 Å². The zero-order valence-corrected chi connectivity index (χ0v) is 14.7. The number of benzene rings is 2. The highest BCUT2D eigenvalue weighted by molar-refractivity contribution is 9.10. The number of carboxylic acids is 1. The van der Waals surface area contributed by atoms with E-state index in [9.17, 15) is 9.59 Å². The Morgan fingerprint density at radius 2 is 1.88 bits per heavy atom. The van der Waals surface area contributed by atoms with Crippen LogP contribution in [0.5, 0.6) is 5.75 Å². The maximum Gasteiger partial charge on any atom is 0.359 e. The number of halogens is 2. The van der Waals surface area contributed by atoms with Gasteiger partial charge in [0.05, 0.1) is 10.6 Å². The van der Waals surface area contributed by atoms with Gasteiger partial charge in [-0.3, -0.25) is 0 Å². The Morgan fingerprint density at radius 3 is 2.48 bits per heavy atom. The van der Waals surface area contributed by atoms with E-state index >= 15 is 0 Å². The molecule has 2 aromatic carbocycles. The predicted molar refractivity (Wildman–Crippen MR) is 93.0 cm³/mol. The molecule has 1 N–H and O–H groups in total. The number of hydrogen-bond donors (Lipinski definition) is 1. The highest BCUT2D eigenvalue weighted by Crippen LogP contribution is 2.35. The van der Waals surface area contributed by atoms with Crippen molar-refractivity contribution in [3.05, 3.63) is 69.3 Å². The average molecular weight is 423 g/mol. The number of esters is 1. The van der Waals surface area contributed by atoms with Gasteiger partial charge in [0.15, 0.2) is 5.76 Å². The highest BCUT2D eigenvalue weighted by Gasteiger charge is 2.21. The molecule has 0 aliphatic carbocycles. The molecule has 0 saturated carbocycles. The number of rotatable bonds is 4. The van der Waals surface area contributed by atoms with E-state index in [4.69, 9.17) is 26.0 Å². The summed E-state index contributed by atoms with van der Waals surface area (Å²) >= 11 is 9.30. The van der Waals surface area contributed by atoms with Crippen LogP contribution < -0.4 is 4.74 Å². The number of carboxylic acid groups (broad SMARTS) is 1. The third-order valence-corrected chi connectivity index (χ3v) is 4.28. The van der Waals surface area contributed by atoms with Crippen molar-refractivity contribution in [3.63, 3.8) is 0 Å². The first-order chi connectivity index (χ1) is 12.0. The summed E-state index contributed by atoms with van der Waals surface area (Å²) < 4.78 is 10.5. The first-order valence-electron chi connectivity index (χ1n) is 6.93. The van der Waals surface area contributed by atoms with Gasteiger partial charge in [0.1, 0.15) is 10.2 Å². The van der Waals surface area contributed by atoms with Crippen molar-refractivity contribution in [2.45, 2.75) is 0 Å². The molecule has 0 aliphatic heterocycles. The molecule has 0 fully saturated rings. The number of ether oxygens (including phenoxy) is 1. The molecule has 126 valence electrons. The lowest BCUT2D eigenvalue weighted by molar-refractivity contribution is 0.0683. The molecule has 0 aliphatic rings. The molecule has 0 amide bonds. The maximum atomic E-state index is 12.1. The Kier molecular flexibility index (Phi) is 4.87. The summed E-state index contributed by atoms with van der Waals surface area (Å²) in [7, 11) is 0. The fourth-order valence-corrected chi connectivity index (χ4v) is 2.81. The Hall–Kier alpha value is -2.64. The average Bonchev–Trinajstić information content (AvgIpc) is 2.99. The van der Waals surface area contributed by atoms with E-state index in [1.165, 1.54) is 12.1 Å². The molecule has 8 heteroatoms. The summed E-state index contributed by atoms with van der Waals surface area (Å²) in [5.74, 6) is -1.38. The normalized spacial score (nSPS) is 10.5. The molecule has 0 unspecified atom stereocenters. The molecular formula is C17H9BrClNO5. The van der Waals surface area contributed by atoms with E-state index in [1.54, 1.807) is 36.4 Å². The largest absolute Gasteiger partial charge is 0.476 e. The lowest BCUT2D eigenvalue weighted by Crippen LogP contribution is -2.08. The predicted octanol–water partition coefficient (Wildman–Crippen LogP) is 4.67. The molecule has 1 heterocycles. The van der Waals surface area contributed by atoms with Crippen LogP contribution in [0.1, 0.15) is 20.8 Å². The Morgan fingerprint density at radius 1 is 1.16 bits per heavy atom. The van der Waals surface area contributed by atoms with Crippen molar-refractivity contribution in [2.75, 3.05) is 0 Å². The molecule has 3 aromatic rings. The first-order valence-corrected chi connectivity index (χ1v) is 8.10. The smallest absolute Gasteiger partial charge is 0.359 e. The number of nitrogens with zero attached hydrogens (tertiary/aromatic N) is 1. The molecule has 25 heavy (non-hydrogen) atoms. The van der Waals surface area contributed by atoms with Crippen LogP contribution in [-0.2, 0) is 0 Å². The molecule has 0 radical (unpaired) electrons. The van der Waals surface area contributed by atoms with Crippen LogP contribution in [0.3, 0.4) is 0 Å². The van der Waals surface area contributed by atoms with Crippen molar-refractivity contribution in [1.29, 1.82) is 0 Å². The highest BCUT2D eigenvalue weighted by atomic mass is 79.9. The van der Waals surface area contributed by atoms with Crippen LogP contribution in [0.4, 0.5) is 0 Å². The molecule has 0 bridgehead atoms. The second-order valence-corrected chi connectivity index (χ2v) is 6.08. The zero-order valence-electron chi connectivity index (χ0n) is 12.4. The number of aromatic carboxylic acids is 1. The van der Waals surface area contributed by atoms with E-state index in [1.807, 2.05) is 0 Å². The summed E-state index contributed by atoms with van der Waals surface area (Å²) in [5.41, 5.74) is 0.633. The molecule has 1 aromatic heterocycles. The summed E-state index contributed by atoms with van der Waals surface area (Å²) in [6, 6.07) is 13.1. The zero-order chi connectivity index (χ0) is 18.0. The monoisotopic (exact) mass is 421 g/mol. The Labute approximate surface area is 155 Å². The minimum absolute atomic E-state index is 0.168. The lowest BCUT2D eigenvalue weighted by atomic mass is 10.1. The first kappa shape index (κ1) is 17.2. The molecule has 6 nitrogen and oxygen atoms in total. The number of hydrogen-bond acceptors (Lipinski definition) is 5. The molecule has 3 rings (SSSR count). The van der Waals surface area contributed by atoms with Gasteiger partial charge in [0, 0.05) is 5.56 Å². The van der Waals surface area contributed by atoms with Gasteiger partial charge in [-0.15, -0.1) is 0 Å². The molecule has 0 atom stereocenters. The van der Waals surface area contributed by atoms with Gasteiger partial charge in [-0.1, -0.05) is 35.0 Å². The van der Waals surface area contributed by atoms with E-state index in [-0.39, 0.29) is 26.7 Å². The van der Waals surface area contributed by atoms with E-state index < -0.39 is 11.9 Å². The van der Waals surface area contributed by atoms with Gasteiger partial charge in [-0.05, 0) is 46.3 Å². The topological polar surface area (TPSA) is 89.6 Å². The van der Waals surface area contributed by atoms with Crippen molar-refractivity contribution in [3.8, 4) is 17.1 Å². The third-order valence-electron chi connectivity index (χ3n) is 3.24. The van der Waals surface area contributed by atoms with Crippen LogP contribution in [0.2, 0.25) is 5.02 Å². The maximum absolute atomic E-state index is 12.1. The standard InChI is InChI=1S/C17H9BrClNO5/c18-13-14(16(21)22)20-25-15(13)10-6-7-12(11(19)8-10)24-17(23)9-4-2-1-3-5-9/h1-8H,(H,21,22). The quantitative estimate of drug-likeness (QED) is 0.485. The van der Waals surface area contributed by atoms with E-state index in [0.717, 1.165) is 0 Å². The summed E-state index contributed by atoms with van der Waals surface area (Å²) in [5, 5.41) is 12.6. The Balaban J connectivity index is 1.86. The van der Waals surface area contributed by atoms with Gasteiger partial charge < -0.3 is 14.4 Å². The lowest BCUT2D eigenvalue weighted by Gasteiger charge is -2.07. The minimum Gasteiger partial charge on any atom is -0.476 e. The molecular weight excluding hydrogens is 414 g/mol. The van der Waals surface area contributed by atoms with Crippen molar-refractivity contribution >= 4 is 39.5 Å². The molecule has 0 spiro atoms. The third kappa shape index (κ3) is 3.57. The van der Waals surface area contributed by atoms with Crippen LogP contribution in [-0.4, -0.2) is 22.2 Å². The van der Waals surface area contributed by atoms with E-state index in [0.29, 0.717) is 11.1 Å². The van der Waals surface area contributed by atoms with Crippen LogP contribution in [0.15, 0.2) is 57.5 Å². The SMILES string of the molecule is O=C(Oc1ccc(-c2onc(C(=O)O)c2Br)cc1Cl)c1ccccc1. The molecule has 0 saturated heterocycles. The van der Waals surface area contributed by atoms with Crippen molar-refractivity contribution < 1.29 is 24.0 Å². The van der Waals surface area contributed by atoms with Crippen molar-refractivity contribution in [2.24, 2.45) is 0 Å². The second-order valence-electron chi connectivity index (χ2n) is 4.88. The van der Waals surface area contributed by atoms with Crippen LogP contribution in [0.25, 0.3) is 11.3 Å².